The highest BCUT2D eigenvalue weighted by Crippen LogP contribution is 2.42. The first-order chi connectivity index (χ1) is 9.58. The number of halogens is 1. The summed E-state index contributed by atoms with van der Waals surface area (Å²) in [4.78, 5) is 33.6. The lowest BCUT2D eigenvalue weighted by Gasteiger charge is -2.40. The maximum absolute atomic E-state index is 12.5. The number of carbonyl (C=O) groups is 2. The number of ether oxygens (including phenoxy) is 1. The first-order valence-electron chi connectivity index (χ1n) is 6.49. The number of carbonyl (C=O) groups excluding carboxylic acids is 2. The topological polar surface area (TPSA) is 72.4 Å². The maximum atomic E-state index is 12.5. The van der Waals surface area contributed by atoms with E-state index in [1.54, 1.807) is 0 Å². The highest BCUT2D eigenvalue weighted by atomic mass is 35.5. The van der Waals surface area contributed by atoms with Gasteiger partial charge in [-0.25, -0.2) is 9.97 Å². The van der Waals surface area contributed by atoms with E-state index in [2.05, 4.69) is 9.97 Å². The van der Waals surface area contributed by atoms with E-state index in [0.717, 1.165) is 12.1 Å². The summed E-state index contributed by atoms with van der Waals surface area (Å²) in [6.45, 7) is 2.44. The summed E-state index contributed by atoms with van der Waals surface area (Å²) in [5.74, 6) is -0.478. The van der Waals surface area contributed by atoms with Gasteiger partial charge in [0.15, 0.2) is 0 Å². The molecule has 0 saturated carbocycles. The van der Waals surface area contributed by atoms with E-state index < -0.39 is 0 Å². The smallest absolute Gasteiger partial charge is 0.233 e. The molecule has 0 aliphatic carbocycles. The monoisotopic (exact) mass is 295 g/mol. The number of hydrogen-bond donors (Lipinski definition) is 0. The SMILES string of the molecule is CC(=O)CN1C(=O)C2COCCC2c2nc(Cl)ncc21. The van der Waals surface area contributed by atoms with Crippen molar-refractivity contribution in [3.8, 4) is 0 Å². The van der Waals surface area contributed by atoms with Crippen LogP contribution in [0, 0.1) is 5.92 Å². The highest BCUT2D eigenvalue weighted by Gasteiger charge is 2.43. The van der Waals surface area contributed by atoms with Crippen LogP contribution in [-0.2, 0) is 14.3 Å². The molecular formula is C13H14ClN3O3. The molecule has 6 nitrogen and oxygen atoms in total. The average molecular weight is 296 g/mol. The van der Waals surface area contributed by atoms with Crippen molar-refractivity contribution in [1.29, 1.82) is 0 Å². The number of fused-ring (bicyclic) bond motifs is 3. The van der Waals surface area contributed by atoms with Gasteiger partial charge in [-0.15, -0.1) is 0 Å². The molecule has 2 unspecified atom stereocenters. The molecule has 20 heavy (non-hydrogen) atoms. The molecule has 0 aromatic carbocycles. The average Bonchev–Trinajstić information content (AvgIpc) is 2.43. The Bertz CT molecular complexity index is 578. The van der Waals surface area contributed by atoms with Gasteiger partial charge >= 0.3 is 0 Å². The summed E-state index contributed by atoms with van der Waals surface area (Å²) in [5, 5.41) is 0.158. The number of ketones is 1. The first-order valence-corrected chi connectivity index (χ1v) is 6.86. The second-order valence-corrected chi connectivity index (χ2v) is 5.45. The Labute approximate surface area is 121 Å². The third kappa shape index (κ3) is 2.19. The lowest BCUT2D eigenvalue weighted by molar-refractivity contribution is -0.129. The molecule has 2 aliphatic heterocycles. The van der Waals surface area contributed by atoms with E-state index in [-0.39, 0.29) is 35.4 Å². The third-order valence-corrected chi connectivity index (χ3v) is 3.91. The Morgan fingerprint density at radius 1 is 1.55 bits per heavy atom. The van der Waals surface area contributed by atoms with Gasteiger partial charge in [-0.2, -0.15) is 0 Å². The van der Waals surface area contributed by atoms with Gasteiger partial charge < -0.3 is 9.64 Å². The summed E-state index contributed by atoms with van der Waals surface area (Å²) < 4.78 is 5.40. The fourth-order valence-electron chi connectivity index (χ4n) is 2.86. The second kappa shape index (κ2) is 5.10. The summed E-state index contributed by atoms with van der Waals surface area (Å²) in [6.07, 6.45) is 2.25. The minimum Gasteiger partial charge on any atom is -0.381 e. The number of Topliss-reactive ketones (excluding diaryl/α,β-unsaturated/α-hetero) is 1. The van der Waals surface area contributed by atoms with E-state index in [9.17, 15) is 9.59 Å². The predicted molar refractivity (Wildman–Crippen MR) is 71.7 cm³/mol. The molecule has 106 valence electrons. The van der Waals surface area contributed by atoms with Gasteiger partial charge in [-0.05, 0) is 24.9 Å². The van der Waals surface area contributed by atoms with Gasteiger partial charge in [0.05, 0.1) is 36.6 Å². The predicted octanol–water partition coefficient (Wildman–Crippen LogP) is 1.19. The Morgan fingerprint density at radius 3 is 3.10 bits per heavy atom. The van der Waals surface area contributed by atoms with Crippen LogP contribution in [0.2, 0.25) is 5.28 Å². The summed E-state index contributed by atoms with van der Waals surface area (Å²) in [5.41, 5.74) is 1.34. The number of hydrogen-bond acceptors (Lipinski definition) is 5. The lowest BCUT2D eigenvalue weighted by atomic mass is 9.81. The molecule has 1 fully saturated rings. The normalized spacial score (nSPS) is 25.1. The molecular weight excluding hydrogens is 282 g/mol. The van der Waals surface area contributed by atoms with Crippen LogP contribution in [0.3, 0.4) is 0 Å². The van der Waals surface area contributed by atoms with E-state index in [1.165, 1.54) is 18.0 Å². The van der Waals surface area contributed by atoms with Gasteiger partial charge in [0.25, 0.3) is 0 Å². The van der Waals surface area contributed by atoms with Gasteiger partial charge in [-0.3, -0.25) is 9.59 Å². The summed E-state index contributed by atoms with van der Waals surface area (Å²) in [6, 6.07) is 0. The van der Waals surface area contributed by atoms with E-state index in [1.807, 2.05) is 0 Å². The van der Waals surface area contributed by atoms with Crippen molar-refractivity contribution < 1.29 is 14.3 Å². The van der Waals surface area contributed by atoms with Crippen LogP contribution in [0.5, 0.6) is 0 Å². The molecule has 7 heteroatoms. The molecule has 0 spiro atoms. The first kappa shape index (κ1) is 13.5. The number of nitrogens with zero attached hydrogens (tertiary/aromatic N) is 3. The van der Waals surface area contributed by atoms with E-state index >= 15 is 0 Å². The summed E-state index contributed by atoms with van der Waals surface area (Å²) in [7, 11) is 0. The highest BCUT2D eigenvalue weighted by molar-refractivity contribution is 6.28. The third-order valence-electron chi connectivity index (χ3n) is 3.73. The van der Waals surface area contributed by atoms with Gasteiger partial charge in [0.1, 0.15) is 5.78 Å². The van der Waals surface area contributed by atoms with Crippen molar-refractivity contribution in [2.75, 3.05) is 24.7 Å². The molecule has 3 heterocycles. The van der Waals surface area contributed by atoms with E-state index in [0.29, 0.717) is 18.9 Å². The van der Waals surface area contributed by atoms with Crippen LogP contribution in [-0.4, -0.2) is 41.4 Å². The Balaban J connectivity index is 2.09. The molecule has 1 aromatic rings. The molecule has 0 N–H and O–H groups in total. The fourth-order valence-corrected chi connectivity index (χ4v) is 3.00. The van der Waals surface area contributed by atoms with Crippen LogP contribution in [0.15, 0.2) is 6.20 Å². The van der Waals surface area contributed by atoms with Gasteiger partial charge in [-0.1, -0.05) is 0 Å². The zero-order valence-electron chi connectivity index (χ0n) is 11.0. The van der Waals surface area contributed by atoms with Crippen molar-refractivity contribution in [1.82, 2.24) is 9.97 Å². The van der Waals surface area contributed by atoms with Crippen molar-refractivity contribution >= 4 is 29.0 Å². The molecule has 2 aliphatic rings. The Hall–Kier alpha value is -1.53. The van der Waals surface area contributed by atoms with Gasteiger partial charge in [0.2, 0.25) is 11.2 Å². The summed E-state index contributed by atoms with van der Waals surface area (Å²) >= 11 is 5.87. The molecule has 1 saturated heterocycles. The molecule has 2 atom stereocenters. The van der Waals surface area contributed by atoms with Crippen LogP contribution in [0.4, 0.5) is 5.69 Å². The van der Waals surface area contributed by atoms with Crippen LogP contribution in [0.1, 0.15) is 25.0 Å². The molecule has 3 rings (SSSR count). The molecule has 1 amide bonds. The number of aromatic nitrogens is 2. The fraction of sp³-hybridized carbons (Fsp3) is 0.538. The standard InChI is InChI=1S/C13H14ClN3O3/c1-7(18)5-17-10-4-15-13(14)16-11(10)8-2-3-20-6-9(8)12(17)19/h4,8-9H,2-3,5-6H2,1H3. The quantitative estimate of drug-likeness (QED) is 0.766. The zero-order chi connectivity index (χ0) is 14.3. The molecule has 1 aromatic heterocycles. The number of anilines is 1. The van der Waals surface area contributed by atoms with Crippen LogP contribution >= 0.6 is 11.6 Å². The zero-order valence-corrected chi connectivity index (χ0v) is 11.8. The second-order valence-electron chi connectivity index (χ2n) is 5.11. The lowest BCUT2D eigenvalue weighted by Crippen LogP contribution is -2.49. The van der Waals surface area contributed by atoms with Crippen molar-refractivity contribution in [2.24, 2.45) is 5.92 Å². The van der Waals surface area contributed by atoms with Crippen molar-refractivity contribution in [3.05, 3.63) is 17.2 Å². The number of rotatable bonds is 2. The minimum absolute atomic E-state index is 0.00467. The Kier molecular flexibility index (Phi) is 3.43. The van der Waals surface area contributed by atoms with E-state index in [4.69, 9.17) is 16.3 Å². The van der Waals surface area contributed by atoms with Gasteiger partial charge in [0, 0.05) is 12.5 Å². The largest absolute Gasteiger partial charge is 0.381 e. The Morgan fingerprint density at radius 2 is 2.35 bits per heavy atom. The van der Waals surface area contributed by atoms with Crippen molar-refractivity contribution in [3.63, 3.8) is 0 Å². The van der Waals surface area contributed by atoms with Crippen LogP contribution in [0.25, 0.3) is 0 Å². The number of amides is 1. The maximum Gasteiger partial charge on any atom is 0.233 e. The minimum atomic E-state index is -0.290. The molecule has 0 radical (unpaired) electrons. The van der Waals surface area contributed by atoms with Crippen LogP contribution < -0.4 is 4.90 Å². The molecule has 0 bridgehead atoms. The van der Waals surface area contributed by atoms with Crippen molar-refractivity contribution in [2.45, 2.75) is 19.3 Å².